The summed E-state index contributed by atoms with van der Waals surface area (Å²) >= 11 is 0. The van der Waals surface area contributed by atoms with Gasteiger partial charge in [-0.05, 0) is 18.6 Å². The van der Waals surface area contributed by atoms with Crippen LogP contribution in [0.4, 0.5) is 0 Å². The van der Waals surface area contributed by atoms with Crippen LogP contribution in [0.5, 0.6) is 0 Å². The number of amides is 4. The molecule has 2 aliphatic heterocycles. The van der Waals surface area contributed by atoms with E-state index in [1.807, 2.05) is 0 Å². The molecule has 7 nitrogen and oxygen atoms in total. The Morgan fingerprint density at radius 2 is 1.71 bits per heavy atom. The molecule has 0 radical (unpaired) electrons. The van der Waals surface area contributed by atoms with Gasteiger partial charge in [0.05, 0.1) is 11.1 Å². The van der Waals surface area contributed by atoms with Crippen LogP contribution in [-0.2, 0) is 9.59 Å². The minimum atomic E-state index is -0.299. The molecule has 0 saturated carbocycles. The standard InChI is InChI=1S/C17H19N3O4/c21-14-7-10-19(11-8-18-14)15(22)6-3-9-20-16(23)12-4-1-2-5-13(12)17(20)24/h1-2,4-5H,3,6-11H2,(H,18,21). The van der Waals surface area contributed by atoms with Gasteiger partial charge in [0.2, 0.25) is 11.8 Å². The molecule has 2 aliphatic rings. The summed E-state index contributed by atoms with van der Waals surface area (Å²) in [5.41, 5.74) is 0.844. The predicted molar refractivity (Wildman–Crippen MR) is 85.2 cm³/mol. The van der Waals surface area contributed by atoms with E-state index in [0.717, 1.165) is 0 Å². The maximum atomic E-state index is 12.2. The van der Waals surface area contributed by atoms with E-state index in [-0.39, 0.29) is 36.6 Å². The van der Waals surface area contributed by atoms with Crippen LogP contribution in [0.15, 0.2) is 24.3 Å². The Bertz CT molecular complexity index is 666. The molecule has 0 aliphatic carbocycles. The zero-order valence-electron chi connectivity index (χ0n) is 13.3. The van der Waals surface area contributed by atoms with Crippen molar-refractivity contribution in [2.24, 2.45) is 0 Å². The van der Waals surface area contributed by atoms with Crippen LogP contribution in [0.3, 0.4) is 0 Å². The monoisotopic (exact) mass is 329 g/mol. The molecule has 1 aromatic carbocycles. The molecule has 4 amide bonds. The van der Waals surface area contributed by atoms with Crippen molar-refractivity contribution in [1.29, 1.82) is 0 Å². The Morgan fingerprint density at radius 1 is 1.04 bits per heavy atom. The quantitative estimate of drug-likeness (QED) is 0.811. The number of rotatable bonds is 4. The Kier molecular flexibility index (Phi) is 4.59. The molecule has 1 saturated heterocycles. The van der Waals surface area contributed by atoms with Crippen molar-refractivity contribution < 1.29 is 19.2 Å². The van der Waals surface area contributed by atoms with Crippen molar-refractivity contribution in [3.05, 3.63) is 35.4 Å². The fraction of sp³-hybridized carbons (Fsp3) is 0.412. The molecule has 0 aromatic heterocycles. The summed E-state index contributed by atoms with van der Waals surface area (Å²) in [7, 11) is 0. The molecule has 7 heteroatoms. The molecule has 3 rings (SSSR count). The van der Waals surface area contributed by atoms with Crippen molar-refractivity contribution >= 4 is 23.6 Å². The van der Waals surface area contributed by atoms with Crippen LogP contribution in [0.25, 0.3) is 0 Å². The van der Waals surface area contributed by atoms with Gasteiger partial charge in [0.25, 0.3) is 11.8 Å². The Labute approximate surface area is 139 Å². The summed E-state index contributed by atoms with van der Waals surface area (Å²) in [6, 6.07) is 6.74. The molecule has 0 bridgehead atoms. The summed E-state index contributed by atoms with van der Waals surface area (Å²) in [6.45, 7) is 1.60. The second-order valence-electron chi connectivity index (χ2n) is 5.89. The van der Waals surface area contributed by atoms with E-state index < -0.39 is 0 Å². The van der Waals surface area contributed by atoms with Gasteiger partial charge in [-0.2, -0.15) is 0 Å². The molecule has 24 heavy (non-hydrogen) atoms. The third-order valence-corrected chi connectivity index (χ3v) is 4.32. The van der Waals surface area contributed by atoms with E-state index in [1.54, 1.807) is 29.2 Å². The van der Waals surface area contributed by atoms with Gasteiger partial charge in [-0.15, -0.1) is 0 Å². The second kappa shape index (κ2) is 6.82. The number of hydrogen-bond acceptors (Lipinski definition) is 4. The van der Waals surface area contributed by atoms with E-state index in [0.29, 0.717) is 43.6 Å². The average Bonchev–Trinajstić information content (AvgIpc) is 2.73. The van der Waals surface area contributed by atoms with Gasteiger partial charge in [-0.3, -0.25) is 24.1 Å². The van der Waals surface area contributed by atoms with E-state index in [9.17, 15) is 19.2 Å². The van der Waals surface area contributed by atoms with Gasteiger partial charge in [-0.25, -0.2) is 0 Å². The van der Waals surface area contributed by atoms with Crippen molar-refractivity contribution in [2.75, 3.05) is 26.2 Å². The molecular weight excluding hydrogens is 310 g/mol. The first kappa shape index (κ1) is 16.2. The second-order valence-corrected chi connectivity index (χ2v) is 5.89. The topological polar surface area (TPSA) is 86.8 Å². The molecule has 2 heterocycles. The zero-order chi connectivity index (χ0) is 17.1. The molecule has 0 atom stereocenters. The van der Waals surface area contributed by atoms with Crippen molar-refractivity contribution in [2.45, 2.75) is 19.3 Å². The first-order valence-corrected chi connectivity index (χ1v) is 8.07. The SMILES string of the molecule is O=C1CCN(C(=O)CCCN2C(=O)c3ccccc3C2=O)CCN1. The molecule has 1 fully saturated rings. The Hall–Kier alpha value is -2.70. The summed E-state index contributed by atoms with van der Waals surface area (Å²) in [6.07, 6.45) is 0.980. The highest BCUT2D eigenvalue weighted by Crippen LogP contribution is 2.22. The highest BCUT2D eigenvalue weighted by molar-refractivity contribution is 6.21. The van der Waals surface area contributed by atoms with E-state index in [2.05, 4.69) is 5.32 Å². The molecule has 1 N–H and O–H groups in total. The number of nitrogens with one attached hydrogen (secondary N) is 1. The summed E-state index contributed by atoms with van der Waals surface area (Å²) < 4.78 is 0. The number of nitrogens with zero attached hydrogens (tertiary/aromatic N) is 2. The van der Waals surface area contributed by atoms with Gasteiger partial charge in [0.15, 0.2) is 0 Å². The van der Waals surface area contributed by atoms with Gasteiger partial charge in [0, 0.05) is 39.0 Å². The summed E-state index contributed by atoms with van der Waals surface area (Å²) in [4.78, 5) is 50.8. The maximum absolute atomic E-state index is 12.2. The third-order valence-electron chi connectivity index (χ3n) is 4.32. The molecule has 126 valence electrons. The molecular formula is C17H19N3O4. The Balaban J connectivity index is 1.52. The van der Waals surface area contributed by atoms with Crippen molar-refractivity contribution in [3.8, 4) is 0 Å². The van der Waals surface area contributed by atoms with E-state index in [1.165, 1.54) is 4.90 Å². The van der Waals surface area contributed by atoms with Crippen LogP contribution in [-0.4, -0.2) is 59.6 Å². The van der Waals surface area contributed by atoms with Gasteiger partial charge >= 0.3 is 0 Å². The minimum absolute atomic E-state index is 0.0451. The highest BCUT2D eigenvalue weighted by atomic mass is 16.2. The lowest BCUT2D eigenvalue weighted by Gasteiger charge is -2.20. The predicted octanol–water partition coefficient (Wildman–Crippen LogP) is 0.411. The zero-order valence-corrected chi connectivity index (χ0v) is 13.3. The van der Waals surface area contributed by atoms with E-state index >= 15 is 0 Å². The number of fused-ring (bicyclic) bond motifs is 1. The first-order valence-electron chi connectivity index (χ1n) is 8.07. The summed E-state index contributed by atoms with van der Waals surface area (Å²) in [5, 5.41) is 2.72. The number of carbonyl (C=O) groups excluding carboxylic acids is 4. The van der Waals surface area contributed by atoms with Crippen LogP contribution >= 0.6 is 0 Å². The largest absolute Gasteiger partial charge is 0.354 e. The molecule has 0 spiro atoms. The van der Waals surface area contributed by atoms with Gasteiger partial charge in [0.1, 0.15) is 0 Å². The third kappa shape index (κ3) is 3.15. The average molecular weight is 329 g/mol. The van der Waals surface area contributed by atoms with Crippen LogP contribution in [0.1, 0.15) is 40.0 Å². The fourth-order valence-electron chi connectivity index (χ4n) is 3.01. The van der Waals surface area contributed by atoms with E-state index in [4.69, 9.17) is 0 Å². The first-order chi connectivity index (χ1) is 11.6. The number of hydrogen-bond donors (Lipinski definition) is 1. The molecule has 0 unspecified atom stereocenters. The van der Waals surface area contributed by atoms with Crippen LogP contribution in [0, 0.1) is 0 Å². The number of imide groups is 1. The summed E-state index contributed by atoms with van der Waals surface area (Å²) in [5.74, 6) is -0.695. The number of benzene rings is 1. The van der Waals surface area contributed by atoms with Crippen LogP contribution in [0.2, 0.25) is 0 Å². The normalized spacial score (nSPS) is 17.6. The fourth-order valence-corrected chi connectivity index (χ4v) is 3.01. The number of carbonyl (C=O) groups is 4. The Morgan fingerprint density at radius 3 is 2.38 bits per heavy atom. The van der Waals surface area contributed by atoms with Crippen molar-refractivity contribution in [3.63, 3.8) is 0 Å². The van der Waals surface area contributed by atoms with Crippen molar-refractivity contribution in [1.82, 2.24) is 15.1 Å². The lowest BCUT2D eigenvalue weighted by atomic mass is 10.1. The smallest absolute Gasteiger partial charge is 0.261 e. The minimum Gasteiger partial charge on any atom is -0.354 e. The molecule has 1 aromatic rings. The lowest BCUT2D eigenvalue weighted by molar-refractivity contribution is -0.131. The van der Waals surface area contributed by atoms with Gasteiger partial charge < -0.3 is 10.2 Å². The maximum Gasteiger partial charge on any atom is 0.261 e. The van der Waals surface area contributed by atoms with Gasteiger partial charge in [-0.1, -0.05) is 12.1 Å². The lowest BCUT2D eigenvalue weighted by Crippen LogP contribution is -2.35. The van der Waals surface area contributed by atoms with Crippen LogP contribution < -0.4 is 5.32 Å². The highest BCUT2D eigenvalue weighted by Gasteiger charge is 2.34.